The van der Waals surface area contributed by atoms with E-state index >= 15 is 0 Å². The second-order valence-corrected chi connectivity index (χ2v) is 13.7. The number of aromatic nitrogens is 4. The molecule has 0 bridgehead atoms. The van der Waals surface area contributed by atoms with Crippen molar-refractivity contribution in [2.45, 2.75) is 63.1 Å². The number of anilines is 1. The molecule has 1 N–H and O–H groups in total. The lowest BCUT2D eigenvalue weighted by Crippen LogP contribution is -2.29. The molecule has 4 heterocycles. The number of hydrogen-bond acceptors (Lipinski definition) is 10. The average Bonchev–Trinajstić information content (AvgIpc) is 3.78. The highest BCUT2D eigenvalue weighted by atomic mass is 32.2. The van der Waals surface area contributed by atoms with Gasteiger partial charge in [0, 0.05) is 11.9 Å². The second kappa shape index (κ2) is 14.8. The Morgan fingerprint density at radius 1 is 1.02 bits per heavy atom. The number of carbonyl (C=O) groups excluding carboxylic acids is 2. The zero-order chi connectivity index (χ0) is 34.7. The fourth-order valence-electron chi connectivity index (χ4n) is 5.75. The van der Waals surface area contributed by atoms with E-state index in [1.165, 1.54) is 22.7 Å². The van der Waals surface area contributed by atoms with E-state index in [0.29, 0.717) is 57.3 Å². The molecule has 13 heteroatoms. The van der Waals surface area contributed by atoms with Crippen LogP contribution in [-0.4, -0.2) is 49.6 Å². The Bertz CT molecular complexity index is 2060. The van der Waals surface area contributed by atoms with Crippen LogP contribution in [0.4, 0.5) is 9.52 Å². The van der Waals surface area contributed by atoms with E-state index in [9.17, 15) is 19.1 Å². The van der Waals surface area contributed by atoms with Gasteiger partial charge < -0.3 is 19.0 Å². The van der Waals surface area contributed by atoms with Crippen LogP contribution in [-0.2, 0) is 15.3 Å². The Kier molecular flexibility index (Phi) is 10.3. The van der Waals surface area contributed by atoms with Gasteiger partial charge in [0.1, 0.15) is 17.2 Å². The standard InChI is InChI=1S/C36H36FN5O5S2/c1-5-7-10-18-47-26-16-15-23(19-27(26)46-6-2)30-28(31(43)29-22(4)41-17-11-12-21(3)33(41)38-29)32(44)34(45)42(30)35-39-40-36(49-35)48-20-24-13-8-9-14-25(24)37/h8-9,11-17,19,30,43H,5-7,10,18,20H2,1-4H3. The summed E-state index contributed by atoms with van der Waals surface area (Å²) < 4.78 is 28.6. The third kappa shape index (κ3) is 6.77. The molecule has 5 aromatic rings. The fraction of sp³-hybridized carbons (Fsp3) is 0.306. The number of ketones is 1. The van der Waals surface area contributed by atoms with Crippen LogP contribution in [0, 0.1) is 19.7 Å². The number of aryl methyl sites for hydroxylation is 2. The summed E-state index contributed by atoms with van der Waals surface area (Å²) in [4.78, 5) is 33.8. The van der Waals surface area contributed by atoms with Crippen molar-refractivity contribution < 1.29 is 28.6 Å². The predicted molar refractivity (Wildman–Crippen MR) is 188 cm³/mol. The van der Waals surface area contributed by atoms with Crippen molar-refractivity contribution >= 4 is 51.3 Å². The van der Waals surface area contributed by atoms with Crippen molar-refractivity contribution in [2.24, 2.45) is 0 Å². The number of benzene rings is 2. The maximum absolute atomic E-state index is 14.3. The SMILES string of the molecule is CCCCCOc1ccc(C2C(=C(O)c3nc4c(C)cccn4c3C)C(=O)C(=O)N2c2nnc(SCc3ccccc3F)s2)cc1OCC. The van der Waals surface area contributed by atoms with Crippen LogP contribution in [0.15, 0.2) is 70.7 Å². The Balaban J connectivity index is 1.45. The zero-order valence-corrected chi connectivity index (χ0v) is 29.2. The minimum atomic E-state index is -1.09. The molecule has 1 fully saturated rings. The van der Waals surface area contributed by atoms with E-state index in [0.717, 1.165) is 36.2 Å². The van der Waals surface area contributed by atoms with Gasteiger partial charge in [-0.15, -0.1) is 10.2 Å². The number of thioether (sulfide) groups is 1. The Labute approximate surface area is 291 Å². The van der Waals surface area contributed by atoms with Crippen molar-refractivity contribution in [2.75, 3.05) is 18.1 Å². The topological polar surface area (TPSA) is 119 Å². The van der Waals surface area contributed by atoms with Gasteiger partial charge in [-0.25, -0.2) is 9.37 Å². The average molecular weight is 702 g/mol. The highest BCUT2D eigenvalue weighted by Crippen LogP contribution is 2.46. The van der Waals surface area contributed by atoms with Crippen LogP contribution in [0.5, 0.6) is 11.5 Å². The van der Waals surface area contributed by atoms with Crippen molar-refractivity contribution in [1.29, 1.82) is 0 Å². The van der Waals surface area contributed by atoms with Gasteiger partial charge in [-0.05, 0) is 68.1 Å². The number of aliphatic hydroxyl groups excluding tert-OH is 1. The van der Waals surface area contributed by atoms with E-state index < -0.39 is 23.5 Å². The highest BCUT2D eigenvalue weighted by molar-refractivity contribution is 8.00. The summed E-state index contributed by atoms with van der Waals surface area (Å²) in [6, 6.07) is 14.4. The van der Waals surface area contributed by atoms with Gasteiger partial charge in [-0.2, -0.15) is 0 Å². The summed E-state index contributed by atoms with van der Waals surface area (Å²) in [6.07, 6.45) is 4.79. The van der Waals surface area contributed by atoms with E-state index in [2.05, 4.69) is 22.1 Å². The summed E-state index contributed by atoms with van der Waals surface area (Å²) >= 11 is 2.37. The summed E-state index contributed by atoms with van der Waals surface area (Å²) in [7, 11) is 0. The van der Waals surface area contributed by atoms with Crippen LogP contribution in [0.1, 0.15) is 67.2 Å². The summed E-state index contributed by atoms with van der Waals surface area (Å²) in [6.45, 7) is 8.54. The number of halogens is 1. The molecule has 1 atom stereocenters. The Hall–Kier alpha value is -4.75. The van der Waals surface area contributed by atoms with Gasteiger partial charge in [0.2, 0.25) is 5.13 Å². The number of rotatable bonds is 13. The van der Waals surface area contributed by atoms with Crippen LogP contribution in [0.2, 0.25) is 0 Å². The molecule has 0 aliphatic carbocycles. The fourth-order valence-corrected chi connectivity index (χ4v) is 7.60. The summed E-state index contributed by atoms with van der Waals surface area (Å²) in [5.74, 6) is -1.21. The lowest BCUT2D eigenvalue weighted by Gasteiger charge is -2.23. The number of imidazole rings is 1. The third-order valence-electron chi connectivity index (χ3n) is 8.25. The van der Waals surface area contributed by atoms with Crippen LogP contribution in [0.25, 0.3) is 11.4 Å². The molecule has 0 radical (unpaired) electrons. The van der Waals surface area contributed by atoms with Crippen LogP contribution >= 0.6 is 23.1 Å². The lowest BCUT2D eigenvalue weighted by atomic mass is 9.96. The molecule has 1 amide bonds. The molecule has 0 spiro atoms. The smallest absolute Gasteiger partial charge is 0.301 e. The number of hydrogen-bond donors (Lipinski definition) is 1. The van der Waals surface area contributed by atoms with E-state index in [-0.39, 0.29) is 22.2 Å². The van der Waals surface area contributed by atoms with Crippen molar-refractivity contribution in [1.82, 2.24) is 19.6 Å². The molecule has 6 rings (SSSR count). The van der Waals surface area contributed by atoms with E-state index in [1.54, 1.807) is 43.3 Å². The molecule has 1 aliphatic rings. The predicted octanol–water partition coefficient (Wildman–Crippen LogP) is 7.83. The molecule has 0 saturated carbocycles. The number of unbranched alkanes of at least 4 members (excludes halogenated alkanes) is 2. The first-order chi connectivity index (χ1) is 23.7. The summed E-state index contributed by atoms with van der Waals surface area (Å²) in [5, 5.41) is 20.6. The van der Waals surface area contributed by atoms with Gasteiger partial charge in [0.15, 0.2) is 21.6 Å². The summed E-state index contributed by atoms with van der Waals surface area (Å²) in [5.41, 5.74) is 3.17. The normalized spacial score (nSPS) is 15.8. The maximum Gasteiger partial charge on any atom is 0.301 e. The van der Waals surface area contributed by atoms with Gasteiger partial charge >= 0.3 is 5.91 Å². The third-order valence-corrected chi connectivity index (χ3v) is 10.4. The van der Waals surface area contributed by atoms with Crippen molar-refractivity contribution in [3.05, 3.63) is 100 Å². The van der Waals surface area contributed by atoms with Gasteiger partial charge in [0.25, 0.3) is 5.78 Å². The minimum absolute atomic E-state index is 0.135. The Morgan fingerprint density at radius 2 is 1.84 bits per heavy atom. The Morgan fingerprint density at radius 3 is 2.59 bits per heavy atom. The molecular weight excluding hydrogens is 666 g/mol. The zero-order valence-electron chi connectivity index (χ0n) is 27.6. The molecule has 1 aliphatic heterocycles. The monoisotopic (exact) mass is 701 g/mol. The van der Waals surface area contributed by atoms with E-state index in [4.69, 9.17) is 9.47 Å². The number of fused-ring (bicyclic) bond motifs is 1. The first-order valence-electron chi connectivity index (χ1n) is 16.1. The van der Waals surface area contributed by atoms with Gasteiger partial charge in [0.05, 0.1) is 30.5 Å². The van der Waals surface area contributed by atoms with E-state index in [1.807, 2.05) is 36.6 Å². The molecule has 254 valence electrons. The molecular formula is C36H36FN5O5S2. The number of carbonyl (C=O) groups is 2. The highest BCUT2D eigenvalue weighted by Gasteiger charge is 2.49. The number of Topliss-reactive ketones (excluding diaryl/α,β-unsaturated/α-hetero) is 1. The largest absolute Gasteiger partial charge is 0.505 e. The molecule has 49 heavy (non-hydrogen) atoms. The number of aliphatic hydroxyl groups is 1. The number of ether oxygens (including phenoxy) is 2. The minimum Gasteiger partial charge on any atom is -0.505 e. The quantitative estimate of drug-likeness (QED) is 0.0327. The first kappa shape index (κ1) is 34.1. The number of nitrogens with zero attached hydrogens (tertiary/aromatic N) is 5. The second-order valence-electron chi connectivity index (χ2n) is 11.5. The van der Waals surface area contributed by atoms with Gasteiger partial charge in [-0.1, -0.05) is 73.2 Å². The molecule has 10 nitrogen and oxygen atoms in total. The molecule has 3 aromatic heterocycles. The molecule has 1 unspecified atom stereocenters. The number of amides is 1. The van der Waals surface area contributed by atoms with Crippen molar-refractivity contribution in [3.8, 4) is 11.5 Å². The maximum atomic E-state index is 14.3. The van der Waals surface area contributed by atoms with Crippen LogP contribution < -0.4 is 14.4 Å². The van der Waals surface area contributed by atoms with Gasteiger partial charge in [-0.3, -0.25) is 14.5 Å². The van der Waals surface area contributed by atoms with Crippen molar-refractivity contribution in [3.63, 3.8) is 0 Å². The first-order valence-corrected chi connectivity index (χ1v) is 17.9. The lowest BCUT2D eigenvalue weighted by molar-refractivity contribution is -0.132. The molecule has 1 saturated heterocycles. The number of pyridine rings is 1. The molecule has 2 aromatic carbocycles. The van der Waals surface area contributed by atoms with Crippen LogP contribution in [0.3, 0.4) is 0 Å².